The quantitative estimate of drug-likeness (QED) is 0.772. The van der Waals surface area contributed by atoms with Crippen LogP contribution in [0.2, 0.25) is 0 Å². The first-order chi connectivity index (χ1) is 13.5. The van der Waals surface area contributed by atoms with Crippen LogP contribution in [0, 0.1) is 0 Å². The van der Waals surface area contributed by atoms with Crippen molar-refractivity contribution < 1.29 is 14.7 Å². The Kier molecular flexibility index (Phi) is 5.78. The molecule has 1 heterocycles. The second kappa shape index (κ2) is 8.25. The molecule has 0 bridgehead atoms. The second-order valence-corrected chi connectivity index (χ2v) is 7.04. The standard InChI is InChI=1S/C22H25N3O3/c1-3-22(21(27)28,18-7-5-4-6-8-18)15-23-20(26)17-9-11-19(12-10-17)25-14-13-16(2)24-25/h4-12H,3,13-15H2,1-2H3,(H,23,26)(H,27,28). The Labute approximate surface area is 164 Å². The summed E-state index contributed by atoms with van der Waals surface area (Å²) in [6, 6.07) is 16.2. The molecular weight excluding hydrogens is 354 g/mol. The van der Waals surface area contributed by atoms with Gasteiger partial charge in [-0.2, -0.15) is 5.10 Å². The fourth-order valence-corrected chi connectivity index (χ4v) is 3.42. The number of amides is 1. The summed E-state index contributed by atoms with van der Waals surface area (Å²) < 4.78 is 0. The van der Waals surface area contributed by atoms with Crippen LogP contribution in [-0.4, -0.2) is 35.8 Å². The normalized spacial score (nSPS) is 15.6. The molecule has 0 spiro atoms. The number of carbonyl (C=O) groups is 2. The molecule has 0 aliphatic carbocycles. The molecule has 0 fully saturated rings. The highest BCUT2D eigenvalue weighted by molar-refractivity contribution is 5.95. The second-order valence-electron chi connectivity index (χ2n) is 7.04. The third kappa shape index (κ3) is 3.91. The summed E-state index contributed by atoms with van der Waals surface area (Å²) in [6.45, 7) is 4.68. The molecule has 1 unspecified atom stereocenters. The topological polar surface area (TPSA) is 82.0 Å². The first-order valence-corrected chi connectivity index (χ1v) is 9.45. The summed E-state index contributed by atoms with van der Waals surface area (Å²) in [4.78, 5) is 24.7. The van der Waals surface area contributed by atoms with E-state index in [0.717, 1.165) is 24.4 Å². The maximum absolute atomic E-state index is 12.6. The van der Waals surface area contributed by atoms with E-state index in [1.54, 1.807) is 24.3 Å². The Bertz CT molecular complexity index is 878. The Morgan fingerprint density at radius 2 is 1.82 bits per heavy atom. The van der Waals surface area contributed by atoms with Crippen LogP contribution in [0.3, 0.4) is 0 Å². The molecule has 2 aromatic carbocycles. The number of rotatable bonds is 7. The number of hydrogen-bond donors (Lipinski definition) is 2. The number of nitrogens with one attached hydrogen (secondary N) is 1. The molecule has 3 rings (SSSR count). The van der Waals surface area contributed by atoms with Gasteiger partial charge in [-0.15, -0.1) is 0 Å². The average molecular weight is 379 g/mol. The van der Waals surface area contributed by atoms with E-state index >= 15 is 0 Å². The Hall–Kier alpha value is -3.15. The van der Waals surface area contributed by atoms with Crippen LogP contribution < -0.4 is 10.3 Å². The van der Waals surface area contributed by atoms with E-state index in [2.05, 4.69) is 10.4 Å². The lowest BCUT2D eigenvalue weighted by molar-refractivity contribution is -0.143. The molecule has 0 saturated heterocycles. The summed E-state index contributed by atoms with van der Waals surface area (Å²) in [5, 5.41) is 19.0. The van der Waals surface area contributed by atoms with Gasteiger partial charge in [0.25, 0.3) is 5.91 Å². The predicted octanol–water partition coefficient (Wildman–Crippen LogP) is 3.44. The number of nitrogens with zero attached hydrogens (tertiary/aromatic N) is 2. The molecule has 6 heteroatoms. The van der Waals surface area contributed by atoms with Crippen molar-refractivity contribution in [2.75, 3.05) is 18.1 Å². The number of carbonyl (C=O) groups excluding carboxylic acids is 1. The van der Waals surface area contributed by atoms with Crippen LogP contribution in [0.25, 0.3) is 0 Å². The first kappa shape index (κ1) is 19.6. The monoisotopic (exact) mass is 379 g/mol. The van der Waals surface area contributed by atoms with E-state index < -0.39 is 11.4 Å². The highest BCUT2D eigenvalue weighted by Crippen LogP contribution is 2.28. The summed E-state index contributed by atoms with van der Waals surface area (Å²) in [5.74, 6) is -1.23. The molecule has 2 aromatic rings. The van der Waals surface area contributed by atoms with Crippen molar-refractivity contribution >= 4 is 23.3 Å². The van der Waals surface area contributed by atoms with E-state index in [-0.39, 0.29) is 12.5 Å². The van der Waals surface area contributed by atoms with Gasteiger partial charge in [-0.25, -0.2) is 0 Å². The van der Waals surface area contributed by atoms with Crippen molar-refractivity contribution in [2.24, 2.45) is 5.10 Å². The number of benzene rings is 2. The van der Waals surface area contributed by atoms with Gasteiger partial charge in [0.1, 0.15) is 5.41 Å². The van der Waals surface area contributed by atoms with Crippen molar-refractivity contribution in [3.63, 3.8) is 0 Å². The number of carboxylic acid groups (broad SMARTS) is 1. The third-order valence-corrected chi connectivity index (χ3v) is 5.29. The molecule has 0 aromatic heterocycles. The highest BCUT2D eigenvalue weighted by atomic mass is 16.4. The molecule has 6 nitrogen and oxygen atoms in total. The van der Waals surface area contributed by atoms with Crippen LogP contribution in [0.4, 0.5) is 5.69 Å². The first-order valence-electron chi connectivity index (χ1n) is 9.45. The molecule has 1 atom stereocenters. The molecular formula is C22H25N3O3. The van der Waals surface area contributed by atoms with Gasteiger partial charge < -0.3 is 10.4 Å². The van der Waals surface area contributed by atoms with Crippen LogP contribution in [0.15, 0.2) is 59.7 Å². The van der Waals surface area contributed by atoms with Crippen LogP contribution in [0.5, 0.6) is 0 Å². The molecule has 28 heavy (non-hydrogen) atoms. The van der Waals surface area contributed by atoms with Crippen molar-refractivity contribution in [2.45, 2.75) is 32.1 Å². The summed E-state index contributed by atoms with van der Waals surface area (Å²) in [5.41, 5.74) is 2.05. The van der Waals surface area contributed by atoms with Gasteiger partial charge in [-0.3, -0.25) is 14.6 Å². The minimum absolute atomic E-state index is 0.0268. The number of carboxylic acids is 1. The summed E-state index contributed by atoms with van der Waals surface area (Å²) >= 11 is 0. The number of hydrazone groups is 1. The molecule has 2 N–H and O–H groups in total. The SMILES string of the molecule is CCC(CNC(=O)c1ccc(N2CCC(C)=N2)cc1)(C(=O)O)c1ccccc1. The van der Waals surface area contributed by atoms with Crippen LogP contribution in [0.1, 0.15) is 42.6 Å². The average Bonchev–Trinajstić information content (AvgIpc) is 3.15. The maximum atomic E-state index is 12.6. The van der Waals surface area contributed by atoms with Gasteiger partial charge in [0.2, 0.25) is 0 Å². The fraction of sp³-hybridized carbons (Fsp3) is 0.318. The largest absolute Gasteiger partial charge is 0.481 e. The van der Waals surface area contributed by atoms with Crippen LogP contribution in [-0.2, 0) is 10.2 Å². The van der Waals surface area contributed by atoms with E-state index in [9.17, 15) is 14.7 Å². The number of hydrogen-bond acceptors (Lipinski definition) is 4. The van der Waals surface area contributed by atoms with Crippen molar-refractivity contribution in [1.29, 1.82) is 0 Å². The van der Waals surface area contributed by atoms with E-state index in [1.165, 1.54) is 0 Å². The van der Waals surface area contributed by atoms with Gasteiger partial charge >= 0.3 is 5.97 Å². The minimum Gasteiger partial charge on any atom is -0.481 e. The molecule has 0 saturated carbocycles. The summed E-state index contributed by atoms with van der Waals surface area (Å²) in [6.07, 6.45) is 1.31. The minimum atomic E-state index is -1.15. The lowest BCUT2D eigenvalue weighted by atomic mass is 9.78. The Morgan fingerprint density at radius 3 is 2.36 bits per heavy atom. The third-order valence-electron chi connectivity index (χ3n) is 5.29. The van der Waals surface area contributed by atoms with Crippen molar-refractivity contribution in [3.8, 4) is 0 Å². The number of aliphatic carboxylic acids is 1. The maximum Gasteiger partial charge on any atom is 0.315 e. The van der Waals surface area contributed by atoms with E-state index in [1.807, 2.05) is 49.2 Å². The fourth-order valence-electron chi connectivity index (χ4n) is 3.42. The Morgan fingerprint density at radius 1 is 1.14 bits per heavy atom. The zero-order chi connectivity index (χ0) is 20.1. The zero-order valence-electron chi connectivity index (χ0n) is 16.2. The smallest absolute Gasteiger partial charge is 0.315 e. The number of anilines is 1. The molecule has 1 aliphatic rings. The zero-order valence-corrected chi connectivity index (χ0v) is 16.2. The Balaban J connectivity index is 1.72. The highest BCUT2D eigenvalue weighted by Gasteiger charge is 2.39. The van der Waals surface area contributed by atoms with Crippen LogP contribution >= 0.6 is 0 Å². The molecule has 0 radical (unpaired) electrons. The van der Waals surface area contributed by atoms with Crippen molar-refractivity contribution in [3.05, 3.63) is 65.7 Å². The molecule has 146 valence electrons. The molecule has 1 amide bonds. The molecule has 1 aliphatic heterocycles. The van der Waals surface area contributed by atoms with Gasteiger partial charge in [0, 0.05) is 30.8 Å². The lowest BCUT2D eigenvalue weighted by Gasteiger charge is -2.29. The lowest BCUT2D eigenvalue weighted by Crippen LogP contribution is -2.46. The van der Waals surface area contributed by atoms with Gasteiger partial charge in [0.15, 0.2) is 0 Å². The van der Waals surface area contributed by atoms with Gasteiger partial charge in [-0.05, 0) is 43.2 Å². The predicted molar refractivity (Wildman–Crippen MR) is 110 cm³/mol. The van der Waals surface area contributed by atoms with Gasteiger partial charge in [0.05, 0.1) is 5.69 Å². The van der Waals surface area contributed by atoms with Crippen molar-refractivity contribution in [1.82, 2.24) is 5.32 Å². The van der Waals surface area contributed by atoms with Gasteiger partial charge in [-0.1, -0.05) is 37.3 Å². The summed E-state index contributed by atoms with van der Waals surface area (Å²) in [7, 11) is 0. The van der Waals surface area contributed by atoms with E-state index in [4.69, 9.17) is 0 Å². The van der Waals surface area contributed by atoms with E-state index in [0.29, 0.717) is 17.5 Å².